The highest BCUT2D eigenvalue weighted by atomic mass is 28.4. The number of nitro benzene ring substituents is 1. The minimum absolute atomic E-state index is 0.0792. The third kappa shape index (κ3) is 6.98. The fraction of sp³-hybridized carbons (Fsp3) is 0.450. The molecule has 0 bridgehead atoms. The molecule has 4 aromatic rings. The average Bonchev–Trinajstić information content (AvgIpc) is 3.80. The molecule has 3 aromatic carbocycles. The third-order valence-electron chi connectivity index (χ3n) is 11.5. The van der Waals surface area contributed by atoms with Crippen LogP contribution in [0, 0.1) is 16.0 Å². The number of aromatic nitrogens is 3. The molecule has 1 N–H and O–H groups in total. The van der Waals surface area contributed by atoms with E-state index in [0.29, 0.717) is 42.9 Å². The highest BCUT2D eigenvalue weighted by Gasteiger charge is 2.67. The first kappa shape index (κ1) is 37.5. The zero-order chi connectivity index (χ0) is 38.2. The Morgan fingerprint density at radius 1 is 1.06 bits per heavy atom. The molecule has 1 spiro atoms. The van der Waals surface area contributed by atoms with Crippen molar-refractivity contribution in [1.29, 1.82) is 0 Å². The Balaban J connectivity index is 1.19. The molecule has 1 aromatic heterocycles. The van der Waals surface area contributed by atoms with E-state index >= 15 is 4.11 Å². The first-order valence-corrected chi connectivity index (χ1v) is 21.8. The summed E-state index contributed by atoms with van der Waals surface area (Å²) in [5.74, 6) is -1.31. The number of rotatable bonds is 11. The Hall–Kier alpha value is -4.79. The number of fused-ring (bicyclic) bond motifs is 2. The van der Waals surface area contributed by atoms with Gasteiger partial charge in [0.1, 0.15) is 0 Å². The molecule has 284 valence electrons. The number of amides is 2. The zero-order valence-corrected chi connectivity index (χ0v) is 31.9. The van der Waals surface area contributed by atoms with Crippen molar-refractivity contribution in [2.45, 2.75) is 94.8 Å². The molecule has 54 heavy (non-hydrogen) atoms. The highest BCUT2D eigenvalue weighted by Crippen LogP contribution is 2.60. The number of nitrogens with zero attached hydrogens (tertiary/aromatic N) is 6. The number of anilines is 2. The maximum Gasteiger partial charge on any atom is 0.269 e. The van der Waals surface area contributed by atoms with Crippen LogP contribution in [0.15, 0.2) is 79.0 Å². The Morgan fingerprint density at radius 2 is 1.83 bits per heavy atom. The molecule has 1 unspecified atom stereocenters. The fourth-order valence-corrected chi connectivity index (χ4v) is 11.5. The van der Waals surface area contributed by atoms with E-state index in [-0.39, 0.29) is 36.6 Å². The van der Waals surface area contributed by atoms with Crippen LogP contribution in [0.4, 0.5) is 21.2 Å². The van der Waals surface area contributed by atoms with E-state index in [9.17, 15) is 24.8 Å². The summed E-state index contributed by atoms with van der Waals surface area (Å²) < 4.78 is 25.0. The van der Waals surface area contributed by atoms with Gasteiger partial charge in [-0.15, -0.1) is 5.10 Å². The molecule has 5 atom stereocenters. The molecular weight excluding hydrogens is 708 g/mol. The van der Waals surface area contributed by atoms with Crippen LogP contribution < -0.4 is 9.80 Å². The number of aliphatic hydroxyl groups excluding tert-OH is 1. The molecule has 3 aliphatic rings. The molecule has 12 nitrogen and oxygen atoms in total. The van der Waals surface area contributed by atoms with Gasteiger partial charge in [0.2, 0.25) is 14.3 Å². The first-order chi connectivity index (χ1) is 25.9. The average molecular weight is 755 g/mol. The second-order valence-corrected chi connectivity index (χ2v) is 19.1. The number of hydrogen-bond donors (Lipinski definition) is 1. The number of nitro groups is 1. The number of ether oxygens (including phenoxy) is 1. The molecule has 0 aliphatic carbocycles. The number of halogens is 1. The van der Waals surface area contributed by atoms with Crippen LogP contribution >= 0.6 is 0 Å². The van der Waals surface area contributed by atoms with Crippen molar-refractivity contribution in [3.05, 3.63) is 111 Å². The van der Waals surface area contributed by atoms with Gasteiger partial charge in [-0.05, 0) is 61.7 Å². The van der Waals surface area contributed by atoms with E-state index in [1.807, 2.05) is 66.4 Å². The molecule has 2 saturated heterocycles. The molecule has 14 heteroatoms. The normalized spacial score (nSPS) is 23.8. The summed E-state index contributed by atoms with van der Waals surface area (Å²) in [7, 11) is -3.51. The monoisotopic (exact) mass is 754 g/mol. The maximum absolute atomic E-state index is 16.5. The Kier molecular flexibility index (Phi) is 10.5. The third-order valence-corrected chi connectivity index (χ3v) is 13.9. The standard InChI is InChI=1S/C40H47FN6O6Si/c1-27-38(54(2,3)41)36(19-21-44-25-34(42-43-44)32(26-48)29-13-7-6-8-14-29)53-40(27)33-23-31(47(51)52)17-18-35(33)46(39(40)50)24-28-12-11-15-30(22-28)45-20-10-5-4-9-16-37(45)49/h6-8,11-15,17-18,22-23,25,27,32,36,38,48H,4-5,9-10,16,19-21,24,26H2,1-3H3/t27-,32?,36+,38-,40+/m1/s1. The van der Waals surface area contributed by atoms with Gasteiger partial charge < -0.3 is 23.8 Å². The van der Waals surface area contributed by atoms with E-state index in [1.165, 1.54) is 12.1 Å². The molecule has 2 amide bonds. The predicted octanol–water partition coefficient (Wildman–Crippen LogP) is 7.02. The lowest BCUT2D eigenvalue weighted by Gasteiger charge is -2.31. The van der Waals surface area contributed by atoms with Gasteiger partial charge in [0.25, 0.3) is 11.6 Å². The number of carbonyl (C=O) groups excluding carboxylic acids is 2. The lowest BCUT2D eigenvalue weighted by atomic mass is 9.82. The summed E-state index contributed by atoms with van der Waals surface area (Å²) in [4.78, 5) is 43.0. The summed E-state index contributed by atoms with van der Waals surface area (Å²) in [6.07, 6.45) is 5.76. The van der Waals surface area contributed by atoms with Crippen molar-refractivity contribution >= 4 is 37.3 Å². The lowest BCUT2D eigenvalue weighted by Crippen LogP contribution is -2.45. The number of benzene rings is 3. The Bertz CT molecular complexity index is 2020. The molecule has 3 aliphatic heterocycles. The first-order valence-electron chi connectivity index (χ1n) is 18.8. The van der Waals surface area contributed by atoms with Gasteiger partial charge in [-0.25, -0.2) is 0 Å². The van der Waals surface area contributed by atoms with Crippen LogP contribution in [-0.4, -0.2) is 64.5 Å². The van der Waals surface area contributed by atoms with Crippen molar-refractivity contribution in [2.24, 2.45) is 5.92 Å². The van der Waals surface area contributed by atoms with Gasteiger partial charge in [-0.2, -0.15) is 0 Å². The Labute approximate surface area is 315 Å². The molecule has 7 rings (SSSR count). The zero-order valence-electron chi connectivity index (χ0n) is 30.9. The van der Waals surface area contributed by atoms with E-state index in [1.54, 1.807) is 34.9 Å². The number of hydrogen-bond acceptors (Lipinski definition) is 8. The van der Waals surface area contributed by atoms with Gasteiger partial charge >= 0.3 is 0 Å². The SMILES string of the molecule is C[C@@H]1[C@@H]([Si](C)(C)F)[C@H](CCn2cc(C(CO)c3ccccc3)nn2)O[C@@]12C(=O)N(Cc1cccc(N3CCCCCCC3=O)c1)c1ccc([N+](=O)[O-])cc12. The van der Waals surface area contributed by atoms with Gasteiger partial charge in [-0.3, -0.25) is 24.4 Å². The molecule has 2 fully saturated rings. The number of aryl methyl sites for hydroxylation is 1. The lowest BCUT2D eigenvalue weighted by molar-refractivity contribution is -0.385. The minimum atomic E-state index is -3.51. The van der Waals surface area contributed by atoms with Crippen LogP contribution in [0.2, 0.25) is 18.6 Å². The maximum atomic E-state index is 16.5. The van der Waals surface area contributed by atoms with Crippen molar-refractivity contribution in [2.75, 3.05) is 23.0 Å². The molecule has 0 radical (unpaired) electrons. The molecule has 4 heterocycles. The number of non-ortho nitro benzene ring substituents is 1. The topological polar surface area (TPSA) is 144 Å². The van der Waals surface area contributed by atoms with Crippen LogP contribution in [0.5, 0.6) is 0 Å². The van der Waals surface area contributed by atoms with Crippen molar-refractivity contribution in [3.8, 4) is 0 Å². The molecular formula is C40H47FN6O6Si. The van der Waals surface area contributed by atoms with E-state index < -0.39 is 36.5 Å². The van der Waals surface area contributed by atoms with Gasteiger partial charge in [-0.1, -0.05) is 67.4 Å². The van der Waals surface area contributed by atoms with Crippen molar-refractivity contribution < 1.29 is 28.5 Å². The summed E-state index contributed by atoms with van der Waals surface area (Å²) in [5, 5.41) is 30.9. The molecule has 0 saturated carbocycles. The number of aliphatic hydroxyl groups is 1. The summed E-state index contributed by atoms with van der Waals surface area (Å²) in [5.41, 5.74) is 1.47. The summed E-state index contributed by atoms with van der Waals surface area (Å²) in [6, 6.07) is 21.5. The Morgan fingerprint density at radius 3 is 2.57 bits per heavy atom. The second-order valence-electron chi connectivity index (χ2n) is 15.3. The number of carbonyl (C=O) groups is 2. The predicted molar refractivity (Wildman–Crippen MR) is 204 cm³/mol. The van der Waals surface area contributed by atoms with Gasteiger partial charge in [0, 0.05) is 60.5 Å². The fourth-order valence-electron chi connectivity index (χ4n) is 8.91. The van der Waals surface area contributed by atoms with Gasteiger partial charge in [0.05, 0.1) is 41.5 Å². The van der Waals surface area contributed by atoms with Crippen LogP contribution in [0.1, 0.15) is 73.8 Å². The van der Waals surface area contributed by atoms with Crippen LogP contribution in [-0.2, 0) is 33.0 Å². The highest BCUT2D eigenvalue weighted by molar-refractivity contribution is 6.72. The minimum Gasteiger partial charge on any atom is -0.395 e. The van der Waals surface area contributed by atoms with Crippen LogP contribution in [0.25, 0.3) is 0 Å². The summed E-state index contributed by atoms with van der Waals surface area (Å²) >= 11 is 0. The van der Waals surface area contributed by atoms with Crippen LogP contribution in [0.3, 0.4) is 0 Å². The smallest absolute Gasteiger partial charge is 0.269 e. The quantitative estimate of drug-likeness (QED) is 0.0745. The van der Waals surface area contributed by atoms with Crippen molar-refractivity contribution in [3.63, 3.8) is 0 Å². The summed E-state index contributed by atoms with van der Waals surface area (Å²) in [6.45, 7) is 5.99. The second kappa shape index (κ2) is 15.2. The van der Waals surface area contributed by atoms with Crippen molar-refractivity contribution in [1.82, 2.24) is 15.0 Å². The van der Waals surface area contributed by atoms with E-state index in [4.69, 9.17) is 4.74 Å². The van der Waals surface area contributed by atoms with E-state index in [0.717, 1.165) is 42.5 Å². The largest absolute Gasteiger partial charge is 0.395 e. The van der Waals surface area contributed by atoms with Gasteiger partial charge in [0.15, 0.2) is 5.60 Å². The van der Waals surface area contributed by atoms with E-state index in [2.05, 4.69) is 10.3 Å².